The van der Waals surface area contributed by atoms with Crippen LogP contribution in [0.3, 0.4) is 0 Å². The summed E-state index contributed by atoms with van der Waals surface area (Å²) in [5.41, 5.74) is 2.61. The first-order chi connectivity index (χ1) is 7.77. The van der Waals surface area contributed by atoms with E-state index in [1.807, 2.05) is 6.07 Å². The molecule has 0 radical (unpaired) electrons. The van der Waals surface area contributed by atoms with Gasteiger partial charge in [0.2, 0.25) is 0 Å². The van der Waals surface area contributed by atoms with Gasteiger partial charge in [0.05, 0.1) is 0 Å². The van der Waals surface area contributed by atoms with Crippen molar-refractivity contribution in [1.82, 2.24) is 0 Å². The van der Waals surface area contributed by atoms with Gasteiger partial charge in [-0.3, -0.25) is 0 Å². The molecule has 0 bridgehead atoms. The molecular weight excluding hydrogens is 216 g/mol. The van der Waals surface area contributed by atoms with Gasteiger partial charge in [-0.15, -0.1) is 0 Å². The highest BCUT2D eigenvalue weighted by Crippen LogP contribution is 2.14. The van der Waals surface area contributed by atoms with E-state index in [0.29, 0.717) is 0 Å². The van der Waals surface area contributed by atoms with E-state index in [9.17, 15) is 0 Å². The molecule has 1 aromatic carbocycles. The highest BCUT2D eigenvalue weighted by molar-refractivity contribution is 6.44. The Balaban J connectivity index is 2.46. The lowest BCUT2D eigenvalue weighted by Crippen LogP contribution is -2.17. The van der Waals surface area contributed by atoms with Gasteiger partial charge in [-0.25, -0.2) is 0 Å². The molecule has 0 amide bonds. The molecule has 1 rings (SSSR count). The minimum Gasteiger partial charge on any atom is -0.400 e. The second-order valence-electron chi connectivity index (χ2n) is 3.73. The van der Waals surface area contributed by atoms with Crippen molar-refractivity contribution < 1.29 is 8.85 Å². The summed E-state index contributed by atoms with van der Waals surface area (Å²) >= 11 is 0. The smallest absolute Gasteiger partial charge is 0.321 e. The molecule has 16 heavy (non-hydrogen) atoms. The van der Waals surface area contributed by atoms with E-state index >= 15 is 0 Å². The van der Waals surface area contributed by atoms with Gasteiger partial charge in [-0.2, -0.15) is 0 Å². The van der Waals surface area contributed by atoms with Crippen molar-refractivity contribution >= 4 is 14.9 Å². The molecule has 0 fully saturated rings. The maximum atomic E-state index is 5.27. The van der Waals surface area contributed by atoms with E-state index in [2.05, 4.69) is 37.3 Å². The fraction of sp³-hybridized carbons (Fsp3) is 0.385. The fourth-order valence-corrected chi connectivity index (χ4v) is 2.69. The van der Waals surface area contributed by atoms with Gasteiger partial charge in [0.1, 0.15) is 0 Å². The minimum atomic E-state index is -1.39. The van der Waals surface area contributed by atoms with Gasteiger partial charge in [-0.05, 0) is 30.5 Å². The lowest BCUT2D eigenvalue weighted by atomic mass is 10.1. The van der Waals surface area contributed by atoms with Crippen molar-refractivity contribution in [3.05, 3.63) is 42.0 Å². The second kappa shape index (κ2) is 7.38. The number of allylic oxidation sites excluding steroid dienone is 2. The first-order valence-electron chi connectivity index (χ1n) is 5.55. The van der Waals surface area contributed by atoms with Gasteiger partial charge in [0.25, 0.3) is 0 Å². The summed E-state index contributed by atoms with van der Waals surface area (Å²) < 4.78 is 10.5. The molecular formula is C13H20O2Si. The Labute approximate surface area is 99.7 Å². The van der Waals surface area contributed by atoms with E-state index in [-0.39, 0.29) is 0 Å². The predicted octanol–water partition coefficient (Wildman–Crippen LogP) is 2.99. The van der Waals surface area contributed by atoms with E-state index < -0.39 is 9.28 Å². The van der Waals surface area contributed by atoms with Crippen LogP contribution in [0.15, 0.2) is 36.4 Å². The zero-order chi connectivity index (χ0) is 11.8. The van der Waals surface area contributed by atoms with Crippen LogP contribution in [0.1, 0.15) is 18.9 Å². The Morgan fingerprint density at radius 3 is 2.38 bits per heavy atom. The normalized spacial score (nSPS) is 12.1. The van der Waals surface area contributed by atoms with Gasteiger partial charge in [0.15, 0.2) is 0 Å². The Bertz CT molecular complexity index is 318. The maximum Gasteiger partial charge on any atom is 0.321 e. The largest absolute Gasteiger partial charge is 0.400 e. The lowest BCUT2D eigenvalue weighted by Gasteiger charge is -2.09. The first kappa shape index (κ1) is 13.2. The van der Waals surface area contributed by atoms with Crippen LogP contribution in [0.2, 0.25) is 6.04 Å². The molecule has 0 aliphatic carbocycles. The third kappa shape index (κ3) is 4.31. The molecule has 0 atom stereocenters. The predicted molar refractivity (Wildman–Crippen MR) is 70.7 cm³/mol. The Morgan fingerprint density at radius 1 is 1.19 bits per heavy atom. The van der Waals surface area contributed by atoms with Gasteiger partial charge in [-0.1, -0.05) is 36.4 Å². The van der Waals surface area contributed by atoms with Gasteiger partial charge < -0.3 is 8.85 Å². The van der Waals surface area contributed by atoms with Crippen LogP contribution in [0, 0.1) is 0 Å². The quantitative estimate of drug-likeness (QED) is 0.707. The molecule has 0 saturated carbocycles. The first-order valence-corrected chi connectivity index (χ1v) is 7.31. The molecule has 0 saturated heterocycles. The number of hydrogen-bond acceptors (Lipinski definition) is 2. The van der Waals surface area contributed by atoms with Gasteiger partial charge >= 0.3 is 9.28 Å². The summed E-state index contributed by atoms with van der Waals surface area (Å²) in [5, 5.41) is 0. The third-order valence-corrected chi connectivity index (χ3v) is 4.46. The van der Waals surface area contributed by atoms with Crippen LogP contribution in [0.5, 0.6) is 0 Å². The average molecular weight is 236 g/mol. The van der Waals surface area contributed by atoms with E-state index in [1.165, 1.54) is 11.1 Å². The van der Waals surface area contributed by atoms with Crippen molar-refractivity contribution in [2.45, 2.75) is 19.4 Å². The molecule has 0 heterocycles. The van der Waals surface area contributed by atoms with Crippen molar-refractivity contribution in [1.29, 1.82) is 0 Å². The molecule has 0 aromatic heterocycles. The number of benzene rings is 1. The topological polar surface area (TPSA) is 18.5 Å². The van der Waals surface area contributed by atoms with E-state index in [4.69, 9.17) is 8.85 Å². The summed E-state index contributed by atoms with van der Waals surface area (Å²) in [6.45, 7) is 2.14. The van der Waals surface area contributed by atoms with Crippen molar-refractivity contribution in [3.63, 3.8) is 0 Å². The minimum absolute atomic E-state index is 1.02. The Hall–Kier alpha value is -0.903. The molecule has 88 valence electrons. The number of hydrogen-bond donors (Lipinski definition) is 0. The fourth-order valence-electron chi connectivity index (χ4n) is 1.59. The van der Waals surface area contributed by atoms with Crippen molar-refractivity contribution in [2.24, 2.45) is 0 Å². The molecule has 2 nitrogen and oxygen atoms in total. The number of rotatable bonds is 6. The lowest BCUT2D eigenvalue weighted by molar-refractivity contribution is 0.278. The summed E-state index contributed by atoms with van der Waals surface area (Å²) in [6, 6.07) is 11.5. The van der Waals surface area contributed by atoms with Crippen LogP contribution in [-0.2, 0) is 8.85 Å². The molecule has 0 aliphatic heterocycles. The van der Waals surface area contributed by atoms with Gasteiger partial charge in [0, 0.05) is 14.2 Å². The zero-order valence-corrected chi connectivity index (χ0v) is 11.4. The average Bonchev–Trinajstić information content (AvgIpc) is 2.35. The van der Waals surface area contributed by atoms with Crippen molar-refractivity contribution in [2.75, 3.05) is 14.2 Å². The molecule has 0 aliphatic rings. The van der Waals surface area contributed by atoms with Crippen LogP contribution in [0.25, 0.3) is 5.57 Å². The van der Waals surface area contributed by atoms with Crippen LogP contribution >= 0.6 is 0 Å². The summed E-state index contributed by atoms with van der Waals surface area (Å²) in [4.78, 5) is 0. The standard InChI is InChI=1S/C13H20O2Si/c1-12(13-9-5-4-6-10-13)8-7-11-16(14-2)15-3/h4-6,8-10,16H,7,11H2,1-3H3. The van der Waals surface area contributed by atoms with E-state index in [0.717, 1.165) is 12.5 Å². The van der Waals surface area contributed by atoms with Crippen molar-refractivity contribution in [3.8, 4) is 0 Å². The Kier molecular flexibility index (Phi) is 6.07. The Morgan fingerprint density at radius 2 is 1.81 bits per heavy atom. The zero-order valence-electron chi connectivity index (χ0n) is 10.3. The third-order valence-electron chi connectivity index (χ3n) is 2.61. The molecule has 3 heteroatoms. The SMILES string of the molecule is CO[SiH](CCC=C(C)c1ccccc1)OC. The second-order valence-corrected chi connectivity index (χ2v) is 6.11. The molecule has 1 aromatic rings. The summed E-state index contributed by atoms with van der Waals surface area (Å²) in [5.74, 6) is 0. The molecule has 0 unspecified atom stereocenters. The molecule has 0 spiro atoms. The highest BCUT2D eigenvalue weighted by atomic mass is 28.3. The summed E-state index contributed by atoms with van der Waals surface area (Å²) in [6.07, 6.45) is 3.28. The van der Waals surface area contributed by atoms with Crippen LogP contribution < -0.4 is 0 Å². The summed E-state index contributed by atoms with van der Waals surface area (Å²) in [7, 11) is 2.07. The monoisotopic (exact) mass is 236 g/mol. The highest BCUT2D eigenvalue weighted by Gasteiger charge is 2.07. The maximum absolute atomic E-state index is 5.27. The van der Waals surface area contributed by atoms with Crippen LogP contribution in [-0.4, -0.2) is 23.5 Å². The van der Waals surface area contributed by atoms with E-state index in [1.54, 1.807) is 14.2 Å². The van der Waals surface area contributed by atoms with Crippen LogP contribution in [0.4, 0.5) is 0 Å². The molecule has 0 N–H and O–H groups in total.